The lowest BCUT2D eigenvalue weighted by Gasteiger charge is -2.16. The van der Waals surface area contributed by atoms with Crippen LogP contribution in [0.5, 0.6) is 0 Å². The molecular weight excluding hydrogens is 583 g/mol. The summed E-state index contributed by atoms with van der Waals surface area (Å²) in [6.07, 6.45) is 0. The van der Waals surface area contributed by atoms with Crippen LogP contribution in [0.25, 0.3) is 78.7 Å². The zero-order valence-electron chi connectivity index (χ0n) is 26.2. The summed E-state index contributed by atoms with van der Waals surface area (Å²) < 4.78 is 0. The van der Waals surface area contributed by atoms with Crippen molar-refractivity contribution in [2.75, 3.05) is 0 Å². The molecule has 0 bridgehead atoms. The lowest BCUT2D eigenvalue weighted by molar-refractivity contribution is 1.07. The fraction of sp³-hybridized carbons (Fsp3) is 0. The first kappa shape index (κ1) is 29.0. The Morgan fingerprint density at radius 2 is 0.562 bits per heavy atom. The van der Waals surface area contributed by atoms with Crippen molar-refractivity contribution >= 4 is 0 Å². The highest BCUT2D eigenvalue weighted by Gasteiger charge is 2.18. The van der Waals surface area contributed by atoms with E-state index in [-0.39, 0.29) is 0 Å². The van der Waals surface area contributed by atoms with Crippen molar-refractivity contribution in [3.05, 3.63) is 188 Å². The molecule has 1 heterocycles. The van der Waals surface area contributed by atoms with Crippen molar-refractivity contribution in [3.8, 4) is 78.7 Å². The Balaban J connectivity index is 1.29. The van der Waals surface area contributed by atoms with Crippen LogP contribution in [0, 0.1) is 0 Å². The van der Waals surface area contributed by atoms with E-state index < -0.39 is 0 Å². The highest BCUT2D eigenvalue weighted by molar-refractivity contribution is 5.92. The molecule has 3 nitrogen and oxygen atoms in total. The lowest BCUT2D eigenvalue weighted by Crippen LogP contribution is -2.01. The second-order valence-electron chi connectivity index (χ2n) is 11.7. The summed E-state index contributed by atoms with van der Waals surface area (Å²) in [6.45, 7) is 0. The molecule has 0 fully saturated rings. The first-order chi connectivity index (χ1) is 23.8. The van der Waals surface area contributed by atoms with Crippen LogP contribution < -0.4 is 0 Å². The molecular formula is C45H31N3. The molecule has 1 aromatic heterocycles. The second kappa shape index (κ2) is 13.1. The summed E-state index contributed by atoms with van der Waals surface area (Å²) in [5.74, 6) is 1.91. The van der Waals surface area contributed by atoms with E-state index in [1.54, 1.807) is 0 Å². The topological polar surface area (TPSA) is 38.7 Å². The number of aromatic nitrogens is 3. The SMILES string of the molecule is c1ccc(-c2ccc(-c3nc(-c4ccccc4)nc(-c4ccccc4-c4ccc(-c5ccccc5)cc4-c4ccccc4)n3)cc2)cc1. The van der Waals surface area contributed by atoms with Crippen LogP contribution in [0.4, 0.5) is 0 Å². The van der Waals surface area contributed by atoms with Gasteiger partial charge in [-0.05, 0) is 50.6 Å². The summed E-state index contributed by atoms with van der Waals surface area (Å²) >= 11 is 0. The molecule has 0 aliphatic carbocycles. The van der Waals surface area contributed by atoms with Gasteiger partial charge in [-0.25, -0.2) is 15.0 Å². The van der Waals surface area contributed by atoms with Gasteiger partial charge >= 0.3 is 0 Å². The maximum atomic E-state index is 5.13. The summed E-state index contributed by atoms with van der Waals surface area (Å²) in [6, 6.07) is 65.2. The minimum Gasteiger partial charge on any atom is -0.208 e. The molecule has 0 saturated heterocycles. The minimum atomic E-state index is 0.632. The summed E-state index contributed by atoms with van der Waals surface area (Å²) in [4.78, 5) is 15.2. The molecule has 0 amide bonds. The van der Waals surface area contributed by atoms with Gasteiger partial charge < -0.3 is 0 Å². The molecule has 48 heavy (non-hydrogen) atoms. The third kappa shape index (κ3) is 5.93. The number of benzene rings is 7. The Labute approximate surface area is 280 Å². The molecule has 226 valence electrons. The minimum absolute atomic E-state index is 0.632. The maximum absolute atomic E-state index is 5.13. The number of hydrogen-bond donors (Lipinski definition) is 0. The van der Waals surface area contributed by atoms with Crippen LogP contribution in [0.2, 0.25) is 0 Å². The third-order valence-corrected chi connectivity index (χ3v) is 8.59. The average Bonchev–Trinajstić information content (AvgIpc) is 3.19. The molecule has 8 aromatic rings. The summed E-state index contributed by atoms with van der Waals surface area (Å²) in [5, 5.41) is 0. The number of nitrogens with zero attached hydrogens (tertiary/aromatic N) is 3. The second-order valence-corrected chi connectivity index (χ2v) is 11.7. The van der Waals surface area contributed by atoms with Gasteiger partial charge in [0, 0.05) is 16.7 Å². The Bertz CT molecular complexity index is 2300. The quantitative estimate of drug-likeness (QED) is 0.179. The molecule has 0 radical (unpaired) electrons. The zero-order chi connectivity index (χ0) is 32.1. The van der Waals surface area contributed by atoms with Gasteiger partial charge in [-0.2, -0.15) is 0 Å². The van der Waals surface area contributed by atoms with E-state index in [2.05, 4.69) is 152 Å². The van der Waals surface area contributed by atoms with Crippen molar-refractivity contribution in [2.45, 2.75) is 0 Å². The smallest absolute Gasteiger partial charge is 0.164 e. The maximum Gasteiger partial charge on any atom is 0.164 e. The molecule has 0 aliphatic rings. The van der Waals surface area contributed by atoms with Crippen LogP contribution in [0.15, 0.2) is 188 Å². The van der Waals surface area contributed by atoms with Gasteiger partial charge in [0.05, 0.1) is 0 Å². The fourth-order valence-electron chi connectivity index (χ4n) is 6.14. The molecule has 0 atom stereocenters. The van der Waals surface area contributed by atoms with Gasteiger partial charge in [0.2, 0.25) is 0 Å². The number of hydrogen-bond acceptors (Lipinski definition) is 3. The predicted molar refractivity (Wildman–Crippen MR) is 198 cm³/mol. The van der Waals surface area contributed by atoms with E-state index in [1.807, 2.05) is 36.4 Å². The highest BCUT2D eigenvalue weighted by atomic mass is 15.0. The van der Waals surface area contributed by atoms with Crippen molar-refractivity contribution in [1.29, 1.82) is 0 Å². The molecule has 3 heteroatoms. The van der Waals surface area contributed by atoms with Gasteiger partial charge in [-0.15, -0.1) is 0 Å². The Morgan fingerprint density at radius 1 is 0.208 bits per heavy atom. The van der Waals surface area contributed by atoms with Crippen LogP contribution in [-0.2, 0) is 0 Å². The van der Waals surface area contributed by atoms with Crippen LogP contribution >= 0.6 is 0 Å². The van der Waals surface area contributed by atoms with E-state index in [1.165, 1.54) is 16.7 Å². The summed E-state index contributed by atoms with van der Waals surface area (Å²) in [5.41, 5.74) is 12.0. The molecule has 7 aromatic carbocycles. The molecule has 8 rings (SSSR count). The molecule has 0 N–H and O–H groups in total. The van der Waals surface area contributed by atoms with Crippen molar-refractivity contribution in [1.82, 2.24) is 15.0 Å². The Kier molecular flexibility index (Phi) is 7.92. The van der Waals surface area contributed by atoms with Gasteiger partial charge in [0.1, 0.15) is 0 Å². The highest BCUT2D eigenvalue weighted by Crippen LogP contribution is 2.40. The number of rotatable bonds is 7. The van der Waals surface area contributed by atoms with Crippen molar-refractivity contribution < 1.29 is 0 Å². The Morgan fingerprint density at radius 3 is 1.15 bits per heavy atom. The van der Waals surface area contributed by atoms with Crippen LogP contribution in [-0.4, -0.2) is 15.0 Å². The van der Waals surface area contributed by atoms with Gasteiger partial charge in [0.25, 0.3) is 0 Å². The molecule has 0 spiro atoms. The van der Waals surface area contributed by atoms with E-state index >= 15 is 0 Å². The standard InChI is InChI=1S/C45H31N3/c1-5-15-32(16-6-1)34-25-27-37(28-26-34)44-46-43(36-21-11-4-12-22-36)47-45(48-44)41-24-14-13-23-39(41)40-30-29-38(33-17-7-2-8-18-33)31-42(40)35-19-9-3-10-20-35/h1-31H. The van der Waals surface area contributed by atoms with Gasteiger partial charge in [-0.1, -0.05) is 182 Å². The predicted octanol–water partition coefficient (Wildman–Crippen LogP) is 11.5. The normalized spacial score (nSPS) is 10.9. The van der Waals surface area contributed by atoms with Crippen molar-refractivity contribution in [2.24, 2.45) is 0 Å². The molecule has 0 aliphatic heterocycles. The largest absolute Gasteiger partial charge is 0.208 e. The van der Waals surface area contributed by atoms with Gasteiger partial charge in [0.15, 0.2) is 17.5 Å². The van der Waals surface area contributed by atoms with Crippen LogP contribution in [0.3, 0.4) is 0 Å². The molecule has 0 saturated carbocycles. The first-order valence-electron chi connectivity index (χ1n) is 16.1. The van der Waals surface area contributed by atoms with Crippen molar-refractivity contribution in [3.63, 3.8) is 0 Å². The first-order valence-corrected chi connectivity index (χ1v) is 16.1. The summed E-state index contributed by atoms with van der Waals surface area (Å²) in [7, 11) is 0. The van der Waals surface area contributed by atoms with E-state index in [9.17, 15) is 0 Å². The zero-order valence-corrected chi connectivity index (χ0v) is 26.2. The van der Waals surface area contributed by atoms with E-state index in [0.29, 0.717) is 17.5 Å². The molecule has 0 unspecified atom stereocenters. The Hall–Kier alpha value is -6.45. The lowest BCUT2D eigenvalue weighted by atomic mass is 9.89. The third-order valence-electron chi connectivity index (χ3n) is 8.59. The van der Waals surface area contributed by atoms with Crippen LogP contribution in [0.1, 0.15) is 0 Å². The average molecular weight is 614 g/mol. The monoisotopic (exact) mass is 613 g/mol. The van der Waals surface area contributed by atoms with Gasteiger partial charge in [-0.3, -0.25) is 0 Å². The van der Waals surface area contributed by atoms with E-state index in [0.717, 1.165) is 44.5 Å². The fourth-order valence-corrected chi connectivity index (χ4v) is 6.14. The van der Waals surface area contributed by atoms with E-state index in [4.69, 9.17) is 15.0 Å².